The van der Waals surface area contributed by atoms with Gasteiger partial charge in [0.05, 0.1) is 22.0 Å². The lowest BCUT2D eigenvalue weighted by atomic mass is 9.97. The first kappa shape index (κ1) is 22.3. The van der Waals surface area contributed by atoms with Crippen molar-refractivity contribution >= 4 is 61.9 Å². The largest absolute Gasteiger partial charge is 0.444 e. The van der Waals surface area contributed by atoms with E-state index in [0.717, 1.165) is 11.3 Å². The molecule has 0 aliphatic heterocycles. The van der Waals surface area contributed by atoms with Crippen LogP contribution in [-0.4, -0.2) is 18.1 Å². The van der Waals surface area contributed by atoms with Crippen LogP contribution in [0, 0.1) is 17.1 Å². The number of rotatable bonds is 4. The summed E-state index contributed by atoms with van der Waals surface area (Å²) >= 11 is 7.46. The number of hydrogen-bond donors (Lipinski definition) is 3. The number of carbonyl (C=O) groups excluding carboxylic acids is 2. The lowest BCUT2D eigenvalue weighted by Crippen LogP contribution is -2.27. The van der Waals surface area contributed by atoms with E-state index in [4.69, 9.17) is 22.1 Å². The highest BCUT2D eigenvalue weighted by Crippen LogP contribution is 2.45. The third-order valence-corrected chi connectivity index (χ3v) is 5.55. The van der Waals surface area contributed by atoms with Crippen LogP contribution in [0.1, 0.15) is 26.3 Å². The third kappa shape index (κ3) is 4.40. The summed E-state index contributed by atoms with van der Waals surface area (Å²) in [6.07, 6.45) is -0.349. The van der Waals surface area contributed by atoms with Gasteiger partial charge in [0, 0.05) is 15.6 Å². The fourth-order valence-corrected chi connectivity index (χ4v) is 4.37. The molecule has 0 aliphatic rings. The normalized spacial score (nSPS) is 11.1. The number of thiophene rings is 1. The second kappa shape index (κ2) is 8.41. The lowest BCUT2D eigenvalue weighted by molar-refractivity contribution is -0.105. The summed E-state index contributed by atoms with van der Waals surface area (Å²) in [4.78, 5) is 22.9. The summed E-state index contributed by atoms with van der Waals surface area (Å²) < 4.78 is 21.0. The van der Waals surface area contributed by atoms with Crippen molar-refractivity contribution in [3.63, 3.8) is 0 Å². The first-order valence-corrected chi connectivity index (χ1v) is 10.2. The van der Waals surface area contributed by atoms with Crippen LogP contribution in [-0.2, 0) is 9.53 Å². The van der Waals surface area contributed by atoms with E-state index in [1.807, 2.05) is 0 Å². The molecular formula is C21H18ClFN4O3S. The molecule has 0 aliphatic carbocycles. The summed E-state index contributed by atoms with van der Waals surface area (Å²) in [7, 11) is 0. The predicted octanol–water partition coefficient (Wildman–Crippen LogP) is 5.73. The Morgan fingerprint density at radius 3 is 2.71 bits per heavy atom. The monoisotopic (exact) mass is 460 g/mol. The van der Waals surface area contributed by atoms with Crippen molar-refractivity contribution in [2.24, 2.45) is 0 Å². The van der Waals surface area contributed by atoms with E-state index in [1.165, 1.54) is 6.07 Å². The van der Waals surface area contributed by atoms with E-state index in [9.17, 15) is 14.9 Å². The Bertz CT molecular complexity index is 1240. The van der Waals surface area contributed by atoms with Crippen LogP contribution in [0.3, 0.4) is 0 Å². The van der Waals surface area contributed by atoms with Crippen LogP contribution < -0.4 is 16.4 Å². The van der Waals surface area contributed by atoms with Crippen molar-refractivity contribution in [2.75, 3.05) is 16.4 Å². The number of nitrogens with zero attached hydrogens (tertiary/aromatic N) is 1. The number of amides is 2. The Kier molecular flexibility index (Phi) is 6.06. The molecular weight excluding hydrogens is 443 g/mol. The molecule has 2 amide bonds. The standard InChI is InChI=1S/C21H18ClFN4O3S/c1-21(2,3)30-20(29)27-19-11(8-24)15-10(5-4-6-14(15)31-19)16-12(22)7-13(26-9-28)18(25)17(16)23/h4-7,9H,25H2,1-3H3,(H,26,28)(H,27,29). The third-order valence-electron chi connectivity index (χ3n) is 4.18. The van der Waals surface area contributed by atoms with Crippen LogP contribution in [0.4, 0.5) is 25.6 Å². The Morgan fingerprint density at radius 2 is 2.10 bits per heavy atom. The minimum absolute atomic E-state index is 0.000270. The number of nitrogen functional groups attached to an aromatic ring is 1. The SMILES string of the molecule is CC(C)(C)OC(=O)Nc1sc2cccc(-c3c(Cl)cc(NC=O)c(N)c3F)c2c1C#N. The van der Waals surface area contributed by atoms with E-state index < -0.39 is 17.5 Å². The van der Waals surface area contributed by atoms with E-state index in [2.05, 4.69) is 16.7 Å². The van der Waals surface area contributed by atoms with Gasteiger partial charge in [-0.1, -0.05) is 23.7 Å². The molecule has 2 aromatic carbocycles. The molecule has 10 heteroatoms. The average Bonchev–Trinajstić information content (AvgIpc) is 3.02. The van der Waals surface area contributed by atoms with Gasteiger partial charge in [-0.05, 0) is 38.5 Å². The molecule has 1 aromatic heterocycles. The van der Waals surface area contributed by atoms with Crippen molar-refractivity contribution in [1.29, 1.82) is 5.26 Å². The van der Waals surface area contributed by atoms with Gasteiger partial charge < -0.3 is 15.8 Å². The maximum absolute atomic E-state index is 15.2. The molecule has 31 heavy (non-hydrogen) atoms. The molecule has 3 aromatic rings. The van der Waals surface area contributed by atoms with Gasteiger partial charge in [0.1, 0.15) is 16.7 Å². The first-order chi connectivity index (χ1) is 14.6. The molecule has 0 unspecified atom stereocenters. The molecule has 0 saturated carbocycles. The molecule has 1 heterocycles. The molecule has 0 spiro atoms. The Hall–Kier alpha value is -3.35. The molecule has 0 atom stereocenters. The van der Waals surface area contributed by atoms with Crippen molar-refractivity contribution in [3.05, 3.63) is 40.7 Å². The maximum Gasteiger partial charge on any atom is 0.412 e. The second-order valence-corrected chi connectivity index (χ2v) is 8.95. The van der Waals surface area contributed by atoms with E-state index in [-0.39, 0.29) is 32.5 Å². The van der Waals surface area contributed by atoms with Crippen LogP contribution in [0.25, 0.3) is 21.2 Å². The minimum atomic E-state index is -0.832. The molecule has 0 bridgehead atoms. The summed E-state index contributed by atoms with van der Waals surface area (Å²) in [6, 6.07) is 8.42. The van der Waals surface area contributed by atoms with Gasteiger partial charge in [-0.15, -0.1) is 11.3 Å². The number of nitrogens with two attached hydrogens (primary N) is 1. The second-order valence-electron chi connectivity index (χ2n) is 7.49. The van der Waals surface area contributed by atoms with Crippen LogP contribution in [0.2, 0.25) is 5.02 Å². The summed E-state index contributed by atoms with van der Waals surface area (Å²) in [6.45, 7) is 5.16. The zero-order valence-corrected chi connectivity index (χ0v) is 18.4. The summed E-state index contributed by atoms with van der Waals surface area (Å²) in [5.41, 5.74) is 5.32. The Balaban J connectivity index is 2.20. The Morgan fingerprint density at radius 1 is 1.39 bits per heavy atom. The van der Waals surface area contributed by atoms with Gasteiger partial charge in [-0.25, -0.2) is 9.18 Å². The van der Waals surface area contributed by atoms with Gasteiger partial charge in [0.25, 0.3) is 0 Å². The minimum Gasteiger partial charge on any atom is -0.444 e. The van der Waals surface area contributed by atoms with Gasteiger partial charge in [-0.2, -0.15) is 5.26 Å². The number of ether oxygens (including phenoxy) is 1. The number of nitrogens with one attached hydrogen (secondary N) is 2. The van der Waals surface area contributed by atoms with Crippen molar-refractivity contribution in [1.82, 2.24) is 0 Å². The number of hydrogen-bond acceptors (Lipinski definition) is 6. The van der Waals surface area contributed by atoms with E-state index in [1.54, 1.807) is 39.0 Å². The lowest BCUT2D eigenvalue weighted by Gasteiger charge is -2.19. The van der Waals surface area contributed by atoms with Gasteiger partial charge >= 0.3 is 6.09 Å². The molecule has 0 radical (unpaired) electrons. The van der Waals surface area contributed by atoms with Crippen LogP contribution in [0.15, 0.2) is 24.3 Å². The van der Waals surface area contributed by atoms with Crippen molar-refractivity contribution in [3.8, 4) is 17.2 Å². The van der Waals surface area contributed by atoms with E-state index in [0.29, 0.717) is 22.1 Å². The van der Waals surface area contributed by atoms with Crippen molar-refractivity contribution in [2.45, 2.75) is 26.4 Å². The van der Waals surface area contributed by atoms with E-state index >= 15 is 4.39 Å². The summed E-state index contributed by atoms with van der Waals surface area (Å²) in [5.74, 6) is -0.832. The number of fused-ring (bicyclic) bond motifs is 1. The quantitative estimate of drug-likeness (QED) is 0.339. The van der Waals surface area contributed by atoms with Crippen LogP contribution in [0.5, 0.6) is 0 Å². The molecule has 0 saturated heterocycles. The molecule has 160 valence electrons. The molecule has 3 rings (SSSR count). The fourth-order valence-electron chi connectivity index (χ4n) is 3.01. The number of halogens is 2. The van der Waals surface area contributed by atoms with Gasteiger partial charge in [0.15, 0.2) is 5.82 Å². The number of nitriles is 1. The average molecular weight is 461 g/mol. The highest BCUT2D eigenvalue weighted by atomic mass is 35.5. The van der Waals surface area contributed by atoms with Crippen LogP contribution >= 0.6 is 22.9 Å². The number of anilines is 3. The maximum atomic E-state index is 15.2. The molecule has 7 nitrogen and oxygen atoms in total. The smallest absolute Gasteiger partial charge is 0.412 e. The van der Waals surface area contributed by atoms with Gasteiger partial charge in [0.2, 0.25) is 6.41 Å². The highest BCUT2D eigenvalue weighted by Gasteiger charge is 2.24. The first-order valence-electron chi connectivity index (χ1n) is 9.01. The number of benzene rings is 2. The molecule has 0 fully saturated rings. The topological polar surface area (TPSA) is 117 Å². The zero-order valence-electron chi connectivity index (χ0n) is 16.8. The highest BCUT2D eigenvalue weighted by molar-refractivity contribution is 7.23. The molecule has 4 N–H and O–H groups in total. The zero-order chi connectivity index (χ0) is 22.9. The fraction of sp³-hybridized carbons (Fsp3) is 0.190. The number of carbonyl (C=O) groups is 2. The Labute approximate surface area is 186 Å². The predicted molar refractivity (Wildman–Crippen MR) is 121 cm³/mol. The van der Waals surface area contributed by atoms with Crippen molar-refractivity contribution < 1.29 is 18.7 Å². The summed E-state index contributed by atoms with van der Waals surface area (Å²) in [5, 5.41) is 15.4. The van der Waals surface area contributed by atoms with Gasteiger partial charge in [-0.3, -0.25) is 10.1 Å².